The molecular formula is C108H114N8. The molecule has 6 aromatic carbocycles. The Balaban J connectivity index is 1.09. The smallest absolute Gasteiger partial charge is 0.0738 e. The lowest BCUT2D eigenvalue weighted by atomic mass is 9.78. The second-order valence-electron chi connectivity index (χ2n) is 40.9. The van der Waals surface area contributed by atoms with Gasteiger partial charge >= 0.3 is 0 Å². The monoisotopic (exact) mass is 1520 g/mol. The van der Waals surface area contributed by atoms with Crippen molar-refractivity contribution >= 4 is 92.7 Å². The highest BCUT2D eigenvalue weighted by atomic mass is 14.8. The molecule has 16 bridgehead atoms. The molecule has 10 heterocycles. The SMILES string of the molecule is CC(C)(C)c1ccc(-c2c3nc(c(-c4c5nc(c(-c6ccc(C(C)(C)C)cc6)c6ccc([nH]6)c(-c6cc(C(C)(C)C)cc(C(C)(C)C)c6)c6nc(c(-c7ccc(C(C)(C)C)cc7)c7ccc4[nH]7)C=C6)C=C5)c4ccc([nH]4)c(-c4ccc(C(C)(C)C)cc4)c4nc(c(-c5cc(C(C)(C)C)cc(C(C)(C)C)c5)c5ccc2[nH]5)C=C4)C=C3)cc1. The van der Waals surface area contributed by atoms with Crippen LogP contribution in [0.2, 0.25) is 0 Å². The van der Waals surface area contributed by atoms with Gasteiger partial charge in [0.25, 0.3) is 0 Å². The number of rotatable bonds is 7. The summed E-state index contributed by atoms with van der Waals surface area (Å²) in [4.78, 5) is 40.5. The van der Waals surface area contributed by atoms with Crippen molar-refractivity contribution in [2.45, 2.75) is 209 Å². The number of hydrogen-bond acceptors (Lipinski definition) is 4. The molecule has 116 heavy (non-hydrogen) atoms. The fourth-order valence-corrected chi connectivity index (χ4v) is 16.6. The van der Waals surface area contributed by atoms with E-state index < -0.39 is 0 Å². The Morgan fingerprint density at radius 1 is 0.155 bits per heavy atom. The van der Waals surface area contributed by atoms with Crippen LogP contribution >= 0.6 is 0 Å². The van der Waals surface area contributed by atoms with Crippen LogP contribution in [-0.2, 0) is 43.3 Å². The molecule has 0 atom stereocenters. The highest BCUT2D eigenvalue weighted by Gasteiger charge is 2.30. The van der Waals surface area contributed by atoms with Gasteiger partial charge in [-0.2, -0.15) is 0 Å². The Bertz CT molecular complexity index is 5870. The van der Waals surface area contributed by atoms with Gasteiger partial charge in [0.15, 0.2) is 0 Å². The molecule has 4 aliphatic heterocycles. The number of nitrogens with zero attached hydrogens (tertiary/aromatic N) is 4. The summed E-state index contributed by atoms with van der Waals surface area (Å²) >= 11 is 0. The van der Waals surface area contributed by atoms with Crippen LogP contribution in [0, 0.1) is 0 Å². The van der Waals surface area contributed by atoms with Gasteiger partial charge in [0.1, 0.15) is 0 Å². The van der Waals surface area contributed by atoms with Gasteiger partial charge in [-0.3, -0.25) is 0 Å². The second-order valence-corrected chi connectivity index (χ2v) is 40.9. The van der Waals surface area contributed by atoms with Gasteiger partial charge in [0.05, 0.1) is 45.6 Å². The Morgan fingerprint density at radius 3 is 0.466 bits per heavy atom. The van der Waals surface area contributed by atoms with E-state index in [0.717, 1.165) is 168 Å². The Kier molecular flexibility index (Phi) is 19.0. The molecule has 586 valence electrons. The average molecular weight is 1520 g/mol. The molecule has 4 N–H and O–H groups in total. The van der Waals surface area contributed by atoms with E-state index >= 15 is 0 Å². The highest BCUT2D eigenvalue weighted by Crippen LogP contribution is 2.47. The van der Waals surface area contributed by atoms with E-state index in [1.54, 1.807) is 0 Å². The molecule has 4 aliphatic rings. The van der Waals surface area contributed by atoms with Gasteiger partial charge < -0.3 is 19.9 Å². The number of aromatic nitrogens is 8. The van der Waals surface area contributed by atoms with Gasteiger partial charge in [0, 0.05) is 88.6 Å². The van der Waals surface area contributed by atoms with E-state index in [1.165, 1.54) is 44.5 Å². The summed E-state index contributed by atoms with van der Waals surface area (Å²) in [5, 5.41) is 0. The molecule has 8 heteroatoms. The third kappa shape index (κ3) is 15.1. The first-order chi connectivity index (χ1) is 54.5. The minimum Gasteiger partial charge on any atom is -0.354 e. The number of aromatic amines is 4. The topological polar surface area (TPSA) is 115 Å². The molecule has 12 aromatic rings. The first-order valence-electron chi connectivity index (χ1n) is 41.6. The summed E-state index contributed by atoms with van der Waals surface area (Å²) in [6, 6.07) is 68.9. The fourth-order valence-electron chi connectivity index (χ4n) is 16.6. The molecule has 0 saturated heterocycles. The third-order valence-electron chi connectivity index (χ3n) is 23.8. The van der Waals surface area contributed by atoms with Crippen LogP contribution in [-0.4, -0.2) is 39.9 Å². The molecule has 0 radical (unpaired) electrons. The van der Waals surface area contributed by atoms with Crippen LogP contribution in [0.15, 0.2) is 182 Å². The summed E-state index contributed by atoms with van der Waals surface area (Å²) in [6.45, 7) is 55.1. The van der Waals surface area contributed by atoms with Gasteiger partial charge in [-0.25, -0.2) is 19.9 Å². The number of hydrogen-bond donors (Lipinski definition) is 4. The lowest BCUT2D eigenvalue weighted by Gasteiger charge is -2.26. The van der Waals surface area contributed by atoms with Crippen LogP contribution in [0.3, 0.4) is 0 Å². The van der Waals surface area contributed by atoms with E-state index in [2.05, 4.69) is 417 Å². The van der Waals surface area contributed by atoms with E-state index in [9.17, 15) is 0 Å². The quantitative estimate of drug-likeness (QED) is 0.127. The van der Waals surface area contributed by atoms with Crippen molar-refractivity contribution in [3.05, 3.63) is 272 Å². The van der Waals surface area contributed by atoms with Crippen molar-refractivity contribution in [2.75, 3.05) is 0 Å². The zero-order valence-electron chi connectivity index (χ0n) is 72.7. The maximum absolute atomic E-state index is 6.04. The van der Waals surface area contributed by atoms with Crippen LogP contribution in [0.1, 0.15) is 256 Å². The second kappa shape index (κ2) is 28.2. The third-order valence-corrected chi connectivity index (χ3v) is 23.8. The van der Waals surface area contributed by atoms with E-state index in [-0.39, 0.29) is 43.3 Å². The summed E-state index contributed by atoms with van der Waals surface area (Å²) in [7, 11) is 0. The summed E-state index contributed by atoms with van der Waals surface area (Å²) in [5.74, 6) is 0. The first-order valence-corrected chi connectivity index (χ1v) is 41.6. The van der Waals surface area contributed by atoms with Crippen molar-refractivity contribution < 1.29 is 0 Å². The molecule has 0 spiro atoms. The van der Waals surface area contributed by atoms with E-state index in [4.69, 9.17) is 19.9 Å². The van der Waals surface area contributed by atoms with Crippen LogP contribution in [0.5, 0.6) is 0 Å². The van der Waals surface area contributed by atoms with Crippen molar-refractivity contribution in [2.24, 2.45) is 0 Å². The average Bonchev–Trinajstić information content (AvgIpc) is 1.55. The van der Waals surface area contributed by atoms with Crippen molar-refractivity contribution in [1.29, 1.82) is 0 Å². The summed E-state index contributed by atoms with van der Waals surface area (Å²) in [5.41, 5.74) is 37.1. The fraction of sp³-hybridized carbons (Fsp3) is 0.296. The number of H-pyrrole nitrogens is 4. The van der Waals surface area contributed by atoms with Crippen LogP contribution in [0.25, 0.3) is 171 Å². The van der Waals surface area contributed by atoms with Crippen LogP contribution in [0.4, 0.5) is 0 Å². The number of benzene rings is 6. The predicted octanol–water partition coefficient (Wildman–Crippen LogP) is 29.7. The Morgan fingerprint density at radius 2 is 0.302 bits per heavy atom. The maximum atomic E-state index is 6.04. The minimum atomic E-state index is -0.141. The van der Waals surface area contributed by atoms with Crippen molar-refractivity contribution in [3.63, 3.8) is 0 Å². The predicted molar refractivity (Wildman–Crippen MR) is 499 cm³/mol. The molecule has 0 aliphatic carbocycles. The largest absolute Gasteiger partial charge is 0.354 e. The van der Waals surface area contributed by atoms with Gasteiger partial charge in [-0.1, -0.05) is 300 Å². The minimum absolute atomic E-state index is 0.0757. The lowest BCUT2D eigenvalue weighted by Crippen LogP contribution is -2.16. The molecule has 0 fully saturated rings. The van der Waals surface area contributed by atoms with Gasteiger partial charge in [-0.15, -0.1) is 0 Å². The molecule has 0 saturated carbocycles. The van der Waals surface area contributed by atoms with Gasteiger partial charge in [-0.05, 0) is 218 Å². The molecule has 8 nitrogen and oxygen atoms in total. The summed E-state index contributed by atoms with van der Waals surface area (Å²) < 4.78 is 0. The standard InChI is InChI=1S/C108H114N8/c1-101(2,3)69-33-25-63(26-34-69)93-77-41-45-85(109-77)97(67-57-73(105(13,14)15)61-74(58-67)106(16,17)18)86-46-42-78(110-86)94(64-27-35-70(36-28-64)102(4,5)6)82-50-54-90(114-82)99(89-53-49-81(93)113-89)100-91-55-51-83(115-91)95(65-29-37-71(38-30-65)103(7,8)9)79-43-47-87(111-79)98(68-59-75(107(19,20)21)62-76(60-68)108(22,23)24)88-48-44-80(112-88)96(84-52-56-92(100)116-84)66-31-39-72(40-32-66)104(10,11)12/h25-62,109,111,114,116H,1-24H3. The van der Waals surface area contributed by atoms with Crippen molar-refractivity contribution in [3.8, 4) is 77.9 Å². The molecular weight excluding hydrogens is 1410 g/mol. The Labute approximate surface area is 687 Å². The van der Waals surface area contributed by atoms with E-state index in [0.29, 0.717) is 0 Å². The lowest BCUT2D eigenvalue weighted by molar-refractivity contribution is 0.568. The highest BCUT2D eigenvalue weighted by molar-refractivity contribution is 6.06. The normalized spacial score (nSPS) is 13.6. The molecule has 6 aromatic heterocycles. The number of nitrogens with one attached hydrogen (secondary N) is 4. The molecule has 0 amide bonds. The molecule has 16 rings (SSSR count). The summed E-state index contributed by atoms with van der Waals surface area (Å²) in [6.07, 6.45) is 17.8. The number of fused-ring (bicyclic) bond motifs is 16. The zero-order valence-corrected chi connectivity index (χ0v) is 72.7. The first kappa shape index (κ1) is 78.4. The van der Waals surface area contributed by atoms with Crippen molar-refractivity contribution in [1.82, 2.24) is 39.9 Å². The maximum Gasteiger partial charge on any atom is 0.0738 e. The molecule has 0 unspecified atom stereocenters. The zero-order chi connectivity index (χ0) is 82.5. The van der Waals surface area contributed by atoms with Gasteiger partial charge in [0.2, 0.25) is 0 Å². The Hall–Kier alpha value is -11.5. The van der Waals surface area contributed by atoms with Crippen LogP contribution < -0.4 is 0 Å². The van der Waals surface area contributed by atoms with E-state index in [1.807, 2.05) is 0 Å².